The average Bonchev–Trinajstić information content (AvgIpc) is 3.04. The number of ether oxygens (including phenoxy) is 3. The number of carbonyl (C=O) groups is 5. The van der Waals surface area contributed by atoms with Crippen molar-refractivity contribution in [3.05, 3.63) is 35.9 Å². The van der Waals surface area contributed by atoms with Crippen molar-refractivity contribution in [3.63, 3.8) is 0 Å². The molecule has 1 saturated carbocycles. The highest BCUT2D eigenvalue weighted by Gasteiger charge is 2.31. The lowest BCUT2D eigenvalue weighted by Gasteiger charge is -2.33. The van der Waals surface area contributed by atoms with Crippen LogP contribution in [0.15, 0.2) is 30.3 Å². The van der Waals surface area contributed by atoms with E-state index >= 15 is 0 Å². The lowest BCUT2D eigenvalue weighted by Crippen LogP contribution is -2.53. The van der Waals surface area contributed by atoms with Gasteiger partial charge in [0.1, 0.15) is 12.3 Å². The number of amides is 3. The molecule has 0 spiro atoms. The van der Waals surface area contributed by atoms with Crippen LogP contribution >= 0.6 is 0 Å². The maximum atomic E-state index is 13.4. The molecule has 0 radical (unpaired) electrons. The molecule has 45 heavy (non-hydrogen) atoms. The zero-order valence-electron chi connectivity index (χ0n) is 26.3. The van der Waals surface area contributed by atoms with E-state index in [9.17, 15) is 24.0 Å². The molecular formula is C33H48N4O8. The number of nitrogens with zero attached hydrogens (tertiary/aromatic N) is 1. The first-order chi connectivity index (χ1) is 21.8. The fraction of sp³-hybridized carbons (Fsp3) is 0.667. The Kier molecular flexibility index (Phi) is 13.5. The first kappa shape index (κ1) is 34.2. The molecule has 1 aliphatic carbocycles. The second-order valence-corrected chi connectivity index (χ2v) is 12.3. The Balaban J connectivity index is 1.30. The van der Waals surface area contributed by atoms with Crippen LogP contribution in [0.5, 0.6) is 0 Å². The van der Waals surface area contributed by atoms with Gasteiger partial charge >= 0.3 is 12.1 Å². The number of carbonyl (C=O) groups excluding carboxylic acids is 5. The molecule has 3 aliphatic rings. The van der Waals surface area contributed by atoms with Gasteiger partial charge in [-0.25, -0.2) is 4.79 Å². The van der Waals surface area contributed by atoms with Crippen LogP contribution in [0.2, 0.25) is 0 Å². The molecule has 12 heteroatoms. The predicted octanol–water partition coefficient (Wildman–Crippen LogP) is 3.64. The van der Waals surface area contributed by atoms with Crippen molar-refractivity contribution in [1.82, 2.24) is 20.9 Å². The van der Waals surface area contributed by atoms with Crippen LogP contribution in [0.1, 0.15) is 94.3 Å². The van der Waals surface area contributed by atoms with Crippen molar-refractivity contribution >= 4 is 29.8 Å². The highest BCUT2D eigenvalue weighted by molar-refractivity contribution is 5.95. The summed E-state index contributed by atoms with van der Waals surface area (Å²) in [6, 6.07) is 8.43. The lowest BCUT2D eigenvalue weighted by atomic mass is 9.92. The molecule has 2 heterocycles. The van der Waals surface area contributed by atoms with Gasteiger partial charge in [-0.2, -0.15) is 0 Å². The third kappa shape index (κ3) is 11.6. The number of nitrogens with one attached hydrogen (secondary N) is 3. The molecule has 248 valence electrons. The Morgan fingerprint density at radius 2 is 1.64 bits per heavy atom. The van der Waals surface area contributed by atoms with Gasteiger partial charge in [-0.1, -0.05) is 24.6 Å². The summed E-state index contributed by atoms with van der Waals surface area (Å²) in [4.78, 5) is 66.1. The second-order valence-electron chi connectivity index (χ2n) is 12.3. The molecular weight excluding hydrogens is 580 g/mol. The number of rotatable bonds is 12. The average molecular weight is 629 g/mol. The van der Waals surface area contributed by atoms with Crippen LogP contribution in [0.25, 0.3) is 0 Å². The molecule has 3 fully saturated rings. The van der Waals surface area contributed by atoms with E-state index in [-0.39, 0.29) is 24.5 Å². The maximum Gasteiger partial charge on any atom is 0.511 e. The number of likely N-dealkylation sites (tertiary alicyclic amines) is 1. The minimum absolute atomic E-state index is 0.0551. The second kappa shape index (κ2) is 17.7. The van der Waals surface area contributed by atoms with Crippen LogP contribution < -0.4 is 16.0 Å². The van der Waals surface area contributed by atoms with Gasteiger partial charge in [0.2, 0.25) is 18.1 Å². The van der Waals surface area contributed by atoms with Crippen molar-refractivity contribution in [2.45, 2.75) is 103 Å². The van der Waals surface area contributed by atoms with Crippen molar-refractivity contribution in [1.29, 1.82) is 0 Å². The van der Waals surface area contributed by atoms with Crippen LogP contribution in [-0.2, 0) is 28.6 Å². The van der Waals surface area contributed by atoms with Crippen molar-refractivity contribution in [3.8, 4) is 0 Å². The summed E-state index contributed by atoms with van der Waals surface area (Å²) in [6.45, 7) is 4.26. The molecule has 4 rings (SSSR count). The molecule has 0 bridgehead atoms. The fourth-order valence-corrected chi connectivity index (χ4v) is 6.24. The van der Waals surface area contributed by atoms with E-state index in [0.717, 1.165) is 64.5 Å². The molecule has 3 N–H and O–H groups in total. The molecule has 3 atom stereocenters. The summed E-state index contributed by atoms with van der Waals surface area (Å²) in [5, 5.41) is 8.83. The van der Waals surface area contributed by atoms with Gasteiger partial charge in [0.05, 0.1) is 12.3 Å². The molecule has 1 aromatic rings. The lowest BCUT2D eigenvalue weighted by molar-refractivity contribution is -0.169. The maximum absolute atomic E-state index is 13.4. The Labute approximate surface area is 265 Å². The summed E-state index contributed by atoms with van der Waals surface area (Å²) < 4.78 is 15.7. The number of hydrogen-bond acceptors (Lipinski definition) is 9. The zero-order chi connectivity index (χ0) is 32.0. The van der Waals surface area contributed by atoms with Crippen LogP contribution in [-0.4, -0.2) is 79.5 Å². The topological polar surface area (TPSA) is 152 Å². The van der Waals surface area contributed by atoms with E-state index < -0.39 is 42.8 Å². The fourth-order valence-electron chi connectivity index (χ4n) is 6.24. The number of hydrogen-bond donors (Lipinski definition) is 3. The Bertz CT molecular complexity index is 1140. The smallest absolute Gasteiger partial charge is 0.431 e. The van der Waals surface area contributed by atoms with Gasteiger partial charge in [-0.3, -0.25) is 19.2 Å². The molecule has 12 nitrogen and oxygen atoms in total. The van der Waals surface area contributed by atoms with E-state index in [1.807, 2.05) is 0 Å². The summed E-state index contributed by atoms with van der Waals surface area (Å²) in [5.74, 6) is -1.51. The summed E-state index contributed by atoms with van der Waals surface area (Å²) >= 11 is 0. The molecule has 1 aromatic carbocycles. The van der Waals surface area contributed by atoms with E-state index in [1.54, 1.807) is 35.2 Å². The van der Waals surface area contributed by atoms with Crippen LogP contribution in [0, 0.1) is 11.8 Å². The van der Waals surface area contributed by atoms with Gasteiger partial charge in [0, 0.05) is 32.0 Å². The Hall–Kier alpha value is -3.67. The van der Waals surface area contributed by atoms with Gasteiger partial charge in [-0.05, 0) is 88.9 Å². The third-order valence-corrected chi connectivity index (χ3v) is 8.77. The molecule has 2 aliphatic heterocycles. The highest BCUT2D eigenvalue weighted by atomic mass is 16.8. The summed E-state index contributed by atoms with van der Waals surface area (Å²) in [5.41, 5.74) is 0.357. The minimum atomic E-state index is -1.22. The molecule has 2 saturated heterocycles. The summed E-state index contributed by atoms with van der Waals surface area (Å²) in [6.07, 6.45) is 5.54. The third-order valence-electron chi connectivity index (χ3n) is 8.77. The standard InChI is InChI=1S/C33H48N4O8/c1-23(44-33(42)45-27-12-6-3-7-13-27)43-30(39)21-28(35-31(40)25-9-4-2-5-10-25)36-32(41)26-11-8-20-37(22-26)29(38)15-14-24-16-18-34-19-17-24/h2,4-5,9-10,23-24,26-28,34H,3,6-8,11-22H2,1H3,(H,35,40)(H,36,41)/t23?,26-,28-/m1/s1. The SMILES string of the molecule is CC(OC(=O)C[C@H](NC(=O)c1ccccc1)NC(=O)[C@@H]1CCCN(C(=O)CCC2CCNCC2)C1)OC(=O)OC1CCCCC1. The molecule has 0 aromatic heterocycles. The van der Waals surface area contributed by atoms with Crippen molar-refractivity contribution in [2.75, 3.05) is 26.2 Å². The normalized spacial score (nSPS) is 20.7. The number of benzene rings is 1. The van der Waals surface area contributed by atoms with Crippen molar-refractivity contribution in [2.24, 2.45) is 11.8 Å². The monoisotopic (exact) mass is 628 g/mol. The number of piperidine rings is 2. The van der Waals surface area contributed by atoms with Crippen molar-refractivity contribution < 1.29 is 38.2 Å². The largest absolute Gasteiger partial charge is 0.511 e. The quantitative estimate of drug-likeness (QED) is 0.233. The van der Waals surface area contributed by atoms with E-state index in [2.05, 4.69) is 16.0 Å². The van der Waals surface area contributed by atoms with E-state index in [4.69, 9.17) is 14.2 Å². The van der Waals surface area contributed by atoms with Gasteiger partial charge in [0.15, 0.2) is 0 Å². The molecule has 1 unspecified atom stereocenters. The Morgan fingerprint density at radius 3 is 2.38 bits per heavy atom. The highest BCUT2D eigenvalue weighted by Crippen LogP contribution is 2.23. The van der Waals surface area contributed by atoms with Gasteiger partial charge in [-0.15, -0.1) is 0 Å². The zero-order valence-corrected chi connectivity index (χ0v) is 26.3. The minimum Gasteiger partial charge on any atom is -0.431 e. The number of esters is 1. The van der Waals surface area contributed by atoms with Crippen LogP contribution in [0.4, 0.5) is 4.79 Å². The summed E-state index contributed by atoms with van der Waals surface area (Å²) in [7, 11) is 0. The first-order valence-electron chi connectivity index (χ1n) is 16.5. The predicted molar refractivity (Wildman–Crippen MR) is 165 cm³/mol. The van der Waals surface area contributed by atoms with Crippen LogP contribution in [0.3, 0.4) is 0 Å². The van der Waals surface area contributed by atoms with E-state index in [1.165, 1.54) is 6.92 Å². The van der Waals surface area contributed by atoms with E-state index in [0.29, 0.717) is 37.3 Å². The first-order valence-corrected chi connectivity index (χ1v) is 16.5. The van der Waals surface area contributed by atoms with Gasteiger partial charge < -0.3 is 35.1 Å². The van der Waals surface area contributed by atoms with Gasteiger partial charge in [0.25, 0.3) is 5.91 Å². The molecule has 3 amide bonds. The Morgan fingerprint density at radius 1 is 0.911 bits per heavy atom.